The van der Waals surface area contributed by atoms with Gasteiger partial charge in [-0.15, -0.1) is 11.3 Å². The molecule has 5 rings (SSSR count). The van der Waals surface area contributed by atoms with Crippen LogP contribution in [0.3, 0.4) is 0 Å². The number of fused-ring (bicyclic) bond motifs is 2. The molecule has 2 aromatic carbocycles. The van der Waals surface area contributed by atoms with Crippen molar-refractivity contribution in [1.29, 1.82) is 0 Å². The molecular weight excluding hydrogens is 472 g/mol. The number of nitrogens with one attached hydrogen (secondary N) is 1. The van der Waals surface area contributed by atoms with Crippen molar-refractivity contribution in [3.8, 4) is 0 Å². The largest absolute Gasteiger partial charge is 0.465 e. The Balaban J connectivity index is 1.34. The molecule has 0 saturated heterocycles. The lowest BCUT2D eigenvalue weighted by Gasteiger charge is -2.28. The zero-order valence-corrected chi connectivity index (χ0v) is 20.3. The highest BCUT2D eigenvalue weighted by atomic mass is 32.2. The van der Waals surface area contributed by atoms with Crippen molar-refractivity contribution in [3.63, 3.8) is 0 Å². The maximum Gasteiger partial charge on any atom is 0.341 e. The summed E-state index contributed by atoms with van der Waals surface area (Å²) in [6.45, 7) is 0.751. The average Bonchev–Trinajstić information content (AvgIpc) is 3.44. The van der Waals surface area contributed by atoms with Gasteiger partial charge in [-0.3, -0.25) is 4.79 Å². The molecule has 0 bridgehead atoms. The molecule has 1 aromatic heterocycles. The van der Waals surface area contributed by atoms with Gasteiger partial charge in [-0.2, -0.15) is 4.31 Å². The van der Waals surface area contributed by atoms with E-state index in [9.17, 15) is 18.0 Å². The van der Waals surface area contributed by atoms with Gasteiger partial charge in [-0.25, -0.2) is 13.2 Å². The number of hydrogen-bond donors (Lipinski definition) is 1. The first-order chi connectivity index (χ1) is 16.4. The number of rotatable bonds is 5. The van der Waals surface area contributed by atoms with E-state index in [4.69, 9.17) is 4.74 Å². The van der Waals surface area contributed by atoms with Crippen molar-refractivity contribution in [2.45, 2.75) is 37.1 Å². The summed E-state index contributed by atoms with van der Waals surface area (Å²) in [4.78, 5) is 26.4. The molecule has 1 aliphatic heterocycles. The van der Waals surface area contributed by atoms with Crippen LogP contribution in [0.4, 0.5) is 5.00 Å². The second-order valence-electron chi connectivity index (χ2n) is 8.39. The van der Waals surface area contributed by atoms with Gasteiger partial charge in [-0.05, 0) is 66.6 Å². The number of amides is 1. The highest BCUT2D eigenvalue weighted by Crippen LogP contribution is 2.39. The van der Waals surface area contributed by atoms with Gasteiger partial charge < -0.3 is 10.1 Å². The van der Waals surface area contributed by atoms with Gasteiger partial charge in [0.05, 0.1) is 17.6 Å². The van der Waals surface area contributed by atoms with E-state index in [0.717, 1.165) is 35.3 Å². The van der Waals surface area contributed by atoms with E-state index in [2.05, 4.69) is 5.32 Å². The molecule has 176 valence electrons. The number of sulfonamides is 1. The summed E-state index contributed by atoms with van der Waals surface area (Å²) in [6.07, 6.45) is 3.33. The minimum absolute atomic E-state index is 0.147. The van der Waals surface area contributed by atoms with Crippen LogP contribution in [0, 0.1) is 0 Å². The van der Waals surface area contributed by atoms with Crippen LogP contribution in [-0.4, -0.2) is 38.3 Å². The van der Waals surface area contributed by atoms with Crippen LogP contribution in [0.5, 0.6) is 0 Å². The normalized spacial score (nSPS) is 15.4. The summed E-state index contributed by atoms with van der Waals surface area (Å²) in [5, 5.41) is 3.30. The third-order valence-electron chi connectivity index (χ3n) is 6.39. The van der Waals surface area contributed by atoms with E-state index in [-0.39, 0.29) is 4.90 Å². The zero-order chi connectivity index (χ0) is 23.9. The molecule has 2 aliphatic rings. The summed E-state index contributed by atoms with van der Waals surface area (Å²) in [5.41, 5.74) is 3.88. The predicted octanol–water partition coefficient (Wildman–Crippen LogP) is 4.02. The van der Waals surface area contributed by atoms with Crippen LogP contribution in [0.2, 0.25) is 0 Å². The second kappa shape index (κ2) is 8.98. The van der Waals surface area contributed by atoms with Crippen molar-refractivity contribution in [2.75, 3.05) is 19.0 Å². The lowest BCUT2D eigenvalue weighted by molar-refractivity contribution is 0.0601. The summed E-state index contributed by atoms with van der Waals surface area (Å²) >= 11 is 1.40. The van der Waals surface area contributed by atoms with Gasteiger partial charge in [0, 0.05) is 23.5 Å². The Bertz CT molecular complexity index is 1380. The Morgan fingerprint density at radius 3 is 2.47 bits per heavy atom. The molecule has 0 atom stereocenters. The van der Waals surface area contributed by atoms with Crippen molar-refractivity contribution < 1.29 is 22.7 Å². The van der Waals surface area contributed by atoms with Crippen molar-refractivity contribution in [2.24, 2.45) is 0 Å². The SMILES string of the molecule is COC(=O)c1c(NC(=O)c2ccc(S(=O)(=O)N3CCc4ccccc4C3)cc2)sc2c1CCC2. The number of nitrogens with zero attached hydrogens (tertiary/aromatic N) is 1. The second-order valence-corrected chi connectivity index (χ2v) is 11.4. The number of carbonyl (C=O) groups is 2. The number of aryl methyl sites for hydroxylation is 1. The first-order valence-corrected chi connectivity index (χ1v) is 13.4. The molecule has 0 saturated carbocycles. The fourth-order valence-electron chi connectivity index (χ4n) is 4.59. The summed E-state index contributed by atoms with van der Waals surface area (Å²) in [7, 11) is -2.36. The zero-order valence-electron chi connectivity index (χ0n) is 18.7. The molecule has 1 aliphatic carbocycles. The van der Waals surface area contributed by atoms with Gasteiger partial charge in [0.25, 0.3) is 5.91 Å². The molecule has 1 N–H and O–H groups in total. The summed E-state index contributed by atoms with van der Waals surface area (Å²) in [6, 6.07) is 13.8. The van der Waals surface area contributed by atoms with Crippen LogP contribution < -0.4 is 5.32 Å². The number of carbonyl (C=O) groups excluding carboxylic acids is 2. The van der Waals surface area contributed by atoms with Gasteiger partial charge >= 0.3 is 5.97 Å². The third kappa shape index (κ3) is 4.04. The molecule has 0 radical (unpaired) electrons. The van der Waals surface area contributed by atoms with Crippen LogP contribution >= 0.6 is 11.3 Å². The van der Waals surface area contributed by atoms with Gasteiger partial charge in [0.2, 0.25) is 10.0 Å². The molecule has 9 heteroatoms. The highest BCUT2D eigenvalue weighted by Gasteiger charge is 2.30. The topological polar surface area (TPSA) is 92.8 Å². The Hall–Kier alpha value is -3.01. The quantitative estimate of drug-likeness (QED) is 0.539. The molecule has 0 unspecified atom stereocenters. The number of thiophene rings is 1. The van der Waals surface area contributed by atoms with Crippen molar-refractivity contribution in [3.05, 3.63) is 81.2 Å². The van der Waals surface area contributed by atoms with Crippen LogP contribution in [0.15, 0.2) is 53.4 Å². The summed E-state index contributed by atoms with van der Waals surface area (Å²) in [5.74, 6) is -0.861. The molecule has 1 amide bonds. The fraction of sp³-hybridized carbons (Fsp3) is 0.280. The van der Waals surface area contributed by atoms with E-state index >= 15 is 0 Å². The Morgan fingerprint density at radius 2 is 1.74 bits per heavy atom. The number of esters is 1. The molecule has 0 fully saturated rings. The molecule has 2 heterocycles. The molecule has 0 spiro atoms. The van der Waals surface area contributed by atoms with Crippen molar-refractivity contribution in [1.82, 2.24) is 4.31 Å². The Morgan fingerprint density at radius 1 is 1.00 bits per heavy atom. The van der Waals surface area contributed by atoms with Crippen LogP contribution in [0.1, 0.15) is 48.7 Å². The maximum atomic E-state index is 13.2. The smallest absolute Gasteiger partial charge is 0.341 e. The standard InChI is InChI=1S/C25H24N2O5S2/c1-32-25(29)22-20-7-4-8-21(20)33-24(22)26-23(28)17-9-11-19(12-10-17)34(30,31)27-14-13-16-5-2-3-6-18(16)15-27/h2-3,5-6,9-12H,4,7-8,13-15H2,1H3,(H,26,28). The summed E-state index contributed by atoms with van der Waals surface area (Å²) < 4.78 is 32.8. The minimum atomic E-state index is -3.68. The Labute approximate surface area is 202 Å². The number of methoxy groups -OCH3 is 1. The van der Waals surface area contributed by atoms with Gasteiger partial charge in [0.15, 0.2) is 0 Å². The van der Waals surface area contributed by atoms with Crippen LogP contribution in [0.25, 0.3) is 0 Å². The van der Waals surface area contributed by atoms with Gasteiger partial charge in [0.1, 0.15) is 5.00 Å². The van der Waals surface area contributed by atoms with E-state index in [1.54, 1.807) is 0 Å². The van der Waals surface area contributed by atoms with E-state index in [1.807, 2.05) is 24.3 Å². The average molecular weight is 497 g/mol. The number of benzene rings is 2. The fourth-order valence-corrected chi connectivity index (χ4v) is 7.28. The van der Waals surface area contributed by atoms with Gasteiger partial charge in [-0.1, -0.05) is 24.3 Å². The predicted molar refractivity (Wildman–Crippen MR) is 130 cm³/mol. The van der Waals surface area contributed by atoms with E-state index < -0.39 is 21.9 Å². The Kier molecular flexibility index (Phi) is 6.01. The monoisotopic (exact) mass is 496 g/mol. The van der Waals surface area contributed by atoms with E-state index in [1.165, 1.54) is 52.6 Å². The molecular formula is C25H24N2O5S2. The van der Waals surface area contributed by atoms with E-state index in [0.29, 0.717) is 35.6 Å². The molecule has 34 heavy (non-hydrogen) atoms. The number of anilines is 1. The maximum absolute atomic E-state index is 13.2. The third-order valence-corrected chi connectivity index (χ3v) is 9.45. The number of hydrogen-bond acceptors (Lipinski definition) is 6. The number of ether oxygens (including phenoxy) is 1. The highest BCUT2D eigenvalue weighted by molar-refractivity contribution is 7.89. The first-order valence-electron chi connectivity index (χ1n) is 11.1. The molecule has 3 aromatic rings. The lowest BCUT2D eigenvalue weighted by atomic mass is 10.0. The lowest BCUT2D eigenvalue weighted by Crippen LogP contribution is -2.35. The minimum Gasteiger partial charge on any atom is -0.465 e. The molecule has 7 nitrogen and oxygen atoms in total. The van der Waals surface area contributed by atoms with Crippen molar-refractivity contribution >= 4 is 38.2 Å². The first kappa shape index (κ1) is 22.8. The van der Waals surface area contributed by atoms with Crippen LogP contribution in [-0.2, 0) is 40.6 Å².